The number of nitrogens with one attached hydrogen (secondary N) is 1. The average molecular weight is 469 g/mol. The second kappa shape index (κ2) is 9.29. The fourth-order valence-electron chi connectivity index (χ4n) is 5.47. The zero-order valence-electron chi connectivity index (χ0n) is 19.5. The van der Waals surface area contributed by atoms with Crippen molar-refractivity contribution in [1.29, 1.82) is 0 Å². The number of benzene rings is 2. The highest BCUT2D eigenvalue weighted by Crippen LogP contribution is 2.33. The summed E-state index contributed by atoms with van der Waals surface area (Å²) < 4.78 is 24.8. The van der Waals surface area contributed by atoms with Gasteiger partial charge in [-0.2, -0.15) is 0 Å². The summed E-state index contributed by atoms with van der Waals surface area (Å²) in [6.45, 7) is 4.15. The second-order valence-corrected chi connectivity index (χ2v) is 11.3. The lowest BCUT2D eigenvalue weighted by Crippen LogP contribution is -2.66. The van der Waals surface area contributed by atoms with Crippen LogP contribution in [0.2, 0.25) is 0 Å². The first-order valence-electron chi connectivity index (χ1n) is 11.7. The lowest BCUT2D eigenvalue weighted by molar-refractivity contribution is -0.154. The van der Waals surface area contributed by atoms with Gasteiger partial charge in [-0.15, -0.1) is 0 Å². The summed E-state index contributed by atoms with van der Waals surface area (Å²) in [5.41, 5.74) is 2.99. The summed E-state index contributed by atoms with van der Waals surface area (Å²) >= 11 is 0. The third kappa shape index (κ3) is 4.56. The summed E-state index contributed by atoms with van der Waals surface area (Å²) in [5, 5.41) is 3.05. The van der Waals surface area contributed by atoms with E-state index in [9.17, 15) is 18.0 Å². The largest absolute Gasteiger partial charge is 0.342 e. The highest BCUT2D eigenvalue weighted by atomic mass is 32.2. The van der Waals surface area contributed by atoms with E-state index in [1.54, 1.807) is 29.2 Å². The molecule has 0 aromatic heterocycles. The Morgan fingerprint density at radius 3 is 2.12 bits per heavy atom. The topological polar surface area (TPSA) is 83.6 Å². The zero-order chi connectivity index (χ0) is 23.8. The van der Waals surface area contributed by atoms with Gasteiger partial charge in [-0.05, 0) is 47.4 Å². The Balaban J connectivity index is 1.69. The smallest absolute Gasteiger partial charge is 0.246 e. The van der Waals surface area contributed by atoms with Crippen LogP contribution in [0, 0.1) is 11.8 Å². The van der Waals surface area contributed by atoms with Crippen LogP contribution in [0.25, 0.3) is 0 Å². The van der Waals surface area contributed by atoms with E-state index in [-0.39, 0.29) is 35.1 Å². The van der Waals surface area contributed by atoms with Crippen molar-refractivity contribution in [2.24, 2.45) is 11.8 Å². The molecule has 2 aromatic rings. The van der Waals surface area contributed by atoms with Gasteiger partial charge >= 0.3 is 0 Å². The van der Waals surface area contributed by atoms with Gasteiger partial charge in [-0.3, -0.25) is 9.59 Å². The first kappa shape index (κ1) is 23.5. The zero-order valence-corrected chi connectivity index (χ0v) is 20.3. The van der Waals surface area contributed by atoms with E-state index < -0.39 is 21.9 Å². The first-order chi connectivity index (χ1) is 15.7. The number of piperazine rings is 1. The van der Waals surface area contributed by atoms with Gasteiger partial charge in [0.1, 0.15) is 12.1 Å². The van der Waals surface area contributed by atoms with Gasteiger partial charge < -0.3 is 10.2 Å². The van der Waals surface area contributed by atoms with E-state index in [4.69, 9.17) is 0 Å². The van der Waals surface area contributed by atoms with Crippen LogP contribution >= 0.6 is 0 Å². The van der Waals surface area contributed by atoms with Crippen LogP contribution in [-0.2, 0) is 38.8 Å². The highest BCUT2D eigenvalue weighted by Gasteiger charge is 2.47. The number of hydrogen-bond donors (Lipinski definition) is 1. The molecule has 1 N–H and O–H groups in total. The standard InChI is InChI=1S/C26H32N2O4S/c1-4-17(5-2)24-25(29)27-23(21-14-18-10-6-7-11-19(18)15-21)26(30)28(24)16-20-12-8-9-13-22(20)33(3,31)32/h6-13,17,21,23-24H,4-5,14-16H2,1-3H3,(H,27,29)/t23-,24-/m1/s1. The van der Waals surface area contributed by atoms with Crippen LogP contribution in [0.4, 0.5) is 0 Å². The maximum Gasteiger partial charge on any atom is 0.246 e. The van der Waals surface area contributed by atoms with E-state index in [0.29, 0.717) is 5.56 Å². The minimum atomic E-state index is -3.47. The Morgan fingerprint density at radius 2 is 1.55 bits per heavy atom. The van der Waals surface area contributed by atoms with Gasteiger partial charge in [0, 0.05) is 12.8 Å². The summed E-state index contributed by atoms with van der Waals surface area (Å²) in [6, 6.07) is 13.7. The normalized spacial score (nSPS) is 21.4. The Labute approximate surface area is 196 Å². The molecule has 0 radical (unpaired) electrons. The molecule has 2 atom stereocenters. The Bertz CT molecular complexity index is 1130. The van der Waals surface area contributed by atoms with Crippen molar-refractivity contribution in [2.75, 3.05) is 6.26 Å². The van der Waals surface area contributed by atoms with E-state index in [1.165, 1.54) is 17.4 Å². The minimum Gasteiger partial charge on any atom is -0.342 e. The average Bonchev–Trinajstić information content (AvgIpc) is 3.22. The number of amides is 2. The lowest BCUT2D eigenvalue weighted by atomic mass is 9.86. The van der Waals surface area contributed by atoms with Crippen LogP contribution < -0.4 is 5.32 Å². The van der Waals surface area contributed by atoms with Gasteiger partial charge in [0.2, 0.25) is 11.8 Å². The maximum absolute atomic E-state index is 13.9. The molecule has 6 nitrogen and oxygen atoms in total. The first-order valence-corrected chi connectivity index (χ1v) is 13.6. The molecule has 4 rings (SSSR count). The molecule has 1 aliphatic heterocycles. The number of rotatable bonds is 7. The number of hydrogen-bond acceptors (Lipinski definition) is 4. The van der Waals surface area contributed by atoms with Crippen LogP contribution in [-0.4, -0.2) is 43.5 Å². The number of sulfone groups is 1. The molecule has 1 saturated heterocycles. The quantitative estimate of drug-likeness (QED) is 0.677. The van der Waals surface area contributed by atoms with Crippen molar-refractivity contribution in [1.82, 2.24) is 10.2 Å². The molecular formula is C26H32N2O4S. The molecule has 0 spiro atoms. The summed E-state index contributed by atoms with van der Waals surface area (Å²) in [6.07, 6.45) is 4.18. The molecule has 1 aliphatic carbocycles. The van der Waals surface area contributed by atoms with Crippen LogP contribution in [0.1, 0.15) is 43.4 Å². The summed E-state index contributed by atoms with van der Waals surface area (Å²) in [5.74, 6) is -0.260. The number of carbonyl (C=O) groups excluding carboxylic acids is 2. The molecular weight excluding hydrogens is 436 g/mol. The van der Waals surface area contributed by atoms with Crippen molar-refractivity contribution in [3.8, 4) is 0 Å². The van der Waals surface area contributed by atoms with Gasteiger partial charge in [0.05, 0.1) is 4.90 Å². The van der Waals surface area contributed by atoms with Gasteiger partial charge in [0.25, 0.3) is 0 Å². The number of carbonyl (C=O) groups is 2. The predicted octanol–water partition coefficient (Wildman–Crippen LogP) is 3.14. The fourth-order valence-corrected chi connectivity index (χ4v) is 6.40. The van der Waals surface area contributed by atoms with Crippen molar-refractivity contribution < 1.29 is 18.0 Å². The molecule has 2 aliphatic rings. The predicted molar refractivity (Wildman–Crippen MR) is 127 cm³/mol. The summed E-state index contributed by atoms with van der Waals surface area (Å²) in [7, 11) is -3.47. The molecule has 0 unspecified atom stereocenters. The van der Waals surface area contributed by atoms with Gasteiger partial charge in [-0.25, -0.2) is 8.42 Å². The van der Waals surface area contributed by atoms with E-state index >= 15 is 0 Å². The van der Waals surface area contributed by atoms with Crippen molar-refractivity contribution in [2.45, 2.75) is 63.1 Å². The highest BCUT2D eigenvalue weighted by molar-refractivity contribution is 7.90. The lowest BCUT2D eigenvalue weighted by Gasteiger charge is -2.44. The molecule has 176 valence electrons. The van der Waals surface area contributed by atoms with Gasteiger partial charge in [-0.1, -0.05) is 69.2 Å². The Kier molecular flexibility index (Phi) is 6.61. The van der Waals surface area contributed by atoms with Crippen molar-refractivity contribution in [3.05, 3.63) is 65.2 Å². The summed E-state index contributed by atoms with van der Waals surface area (Å²) in [4.78, 5) is 29.1. The molecule has 1 heterocycles. The fraction of sp³-hybridized carbons (Fsp3) is 0.462. The second-order valence-electron chi connectivity index (χ2n) is 9.29. The molecule has 1 fully saturated rings. The molecule has 0 bridgehead atoms. The van der Waals surface area contributed by atoms with E-state index in [0.717, 1.165) is 25.7 Å². The monoisotopic (exact) mass is 468 g/mol. The SMILES string of the molecule is CCC(CC)[C@@H]1C(=O)N[C@H](C2Cc3ccccc3C2)C(=O)N1Cc1ccccc1S(C)(=O)=O. The molecule has 0 saturated carbocycles. The van der Waals surface area contributed by atoms with Crippen molar-refractivity contribution >= 4 is 21.7 Å². The number of nitrogens with zero attached hydrogens (tertiary/aromatic N) is 1. The molecule has 7 heteroatoms. The van der Waals surface area contributed by atoms with Crippen molar-refractivity contribution in [3.63, 3.8) is 0 Å². The van der Waals surface area contributed by atoms with Crippen LogP contribution in [0.3, 0.4) is 0 Å². The molecule has 2 amide bonds. The Hall–Kier alpha value is -2.67. The third-order valence-electron chi connectivity index (χ3n) is 7.21. The van der Waals surface area contributed by atoms with E-state index in [2.05, 4.69) is 17.4 Å². The maximum atomic E-state index is 13.9. The van der Waals surface area contributed by atoms with Crippen LogP contribution in [0.15, 0.2) is 53.4 Å². The third-order valence-corrected chi connectivity index (χ3v) is 8.41. The molecule has 33 heavy (non-hydrogen) atoms. The Morgan fingerprint density at radius 1 is 0.970 bits per heavy atom. The van der Waals surface area contributed by atoms with Crippen LogP contribution in [0.5, 0.6) is 0 Å². The minimum absolute atomic E-state index is 0.000992. The number of fused-ring (bicyclic) bond motifs is 1. The van der Waals surface area contributed by atoms with E-state index in [1.807, 2.05) is 26.0 Å². The molecule has 2 aromatic carbocycles. The van der Waals surface area contributed by atoms with Gasteiger partial charge in [0.15, 0.2) is 9.84 Å².